The maximum atomic E-state index is 3.67. The van der Waals surface area contributed by atoms with Gasteiger partial charge in [0, 0.05) is 6.04 Å². The number of nitrogens with one attached hydrogen (secondary N) is 1. The highest BCUT2D eigenvalue weighted by molar-refractivity contribution is 5.30. The van der Waals surface area contributed by atoms with Crippen LogP contribution in [0.2, 0.25) is 0 Å². The molecule has 1 aliphatic carbocycles. The van der Waals surface area contributed by atoms with E-state index in [0.29, 0.717) is 0 Å². The summed E-state index contributed by atoms with van der Waals surface area (Å²) >= 11 is 0. The molecule has 0 spiro atoms. The minimum Gasteiger partial charge on any atom is -0.314 e. The number of benzene rings is 1. The second kappa shape index (κ2) is 6.09. The van der Waals surface area contributed by atoms with Crippen LogP contribution in [0.1, 0.15) is 70.4 Å². The highest BCUT2D eigenvalue weighted by Gasteiger charge is 2.25. The van der Waals surface area contributed by atoms with Crippen LogP contribution < -0.4 is 5.32 Å². The minimum atomic E-state index is 0.263. The van der Waals surface area contributed by atoms with Crippen LogP contribution in [0.15, 0.2) is 24.3 Å². The van der Waals surface area contributed by atoms with E-state index in [0.717, 1.165) is 12.0 Å². The van der Waals surface area contributed by atoms with Crippen molar-refractivity contribution in [2.24, 2.45) is 0 Å². The Morgan fingerprint density at radius 1 is 1.11 bits per heavy atom. The highest BCUT2D eigenvalue weighted by Crippen LogP contribution is 2.35. The van der Waals surface area contributed by atoms with E-state index in [-0.39, 0.29) is 5.41 Å². The van der Waals surface area contributed by atoms with Gasteiger partial charge in [-0.2, -0.15) is 0 Å². The molecule has 0 amide bonds. The average Bonchev–Trinajstić information content (AvgIpc) is 2.84. The van der Waals surface area contributed by atoms with Gasteiger partial charge in [-0.05, 0) is 54.7 Å². The molecule has 0 heterocycles. The summed E-state index contributed by atoms with van der Waals surface area (Å²) in [6.45, 7) is 10.2. The first kappa shape index (κ1) is 14.6. The van der Waals surface area contributed by atoms with E-state index in [9.17, 15) is 0 Å². The normalized spacial score (nSPS) is 23.8. The second-order valence-electron chi connectivity index (χ2n) is 7.03. The fraction of sp³-hybridized carbons (Fsp3) is 0.667. The molecular formula is C18H29N. The third kappa shape index (κ3) is 3.82. The van der Waals surface area contributed by atoms with Crippen molar-refractivity contribution >= 4 is 0 Å². The summed E-state index contributed by atoms with van der Waals surface area (Å²) in [5.74, 6) is 0.767. The SMILES string of the molecule is CCCNC1CCC(c2ccc(C(C)(C)C)cc2)C1. The van der Waals surface area contributed by atoms with Gasteiger partial charge in [-0.1, -0.05) is 52.0 Å². The van der Waals surface area contributed by atoms with Gasteiger partial charge in [0.05, 0.1) is 0 Å². The van der Waals surface area contributed by atoms with Gasteiger partial charge in [-0.25, -0.2) is 0 Å². The fourth-order valence-electron chi connectivity index (χ4n) is 3.07. The molecule has 0 aliphatic heterocycles. The molecule has 0 radical (unpaired) electrons. The molecule has 1 fully saturated rings. The quantitative estimate of drug-likeness (QED) is 0.832. The van der Waals surface area contributed by atoms with Crippen LogP contribution in [0.4, 0.5) is 0 Å². The van der Waals surface area contributed by atoms with Gasteiger partial charge >= 0.3 is 0 Å². The van der Waals surface area contributed by atoms with Gasteiger partial charge < -0.3 is 5.32 Å². The van der Waals surface area contributed by atoms with E-state index in [1.54, 1.807) is 0 Å². The molecular weight excluding hydrogens is 230 g/mol. The van der Waals surface area contributed by atoms with Crippen molar-refractivity contribution in [1.82, 2.24) is 5.32 Å². The first-order valence-electron chi connectivity index (χ1n) is 7.84. The van der Waals surface area contributed by atoms with E-state index in [4.69, 9.17) is 0 Å². The fourth-order valence-corrected chi connectivity index (χ4v) is 3.07. The maximum absolute atomic E-state index is 3.67. The Bertz CT molecular complexity index is 385. The maximum Gasteiger partial charge on any atom is 0.00730 e. The Balaban J connectivity index is 1.96. The minimum absolute atomic E-state index is 0.263. The summed E-state index contributed by atoms with van der Waals surface area (Å²) in [6.07, 6.45) is 5.23. The van der Waals surface area contributed by atoms with Crippen LogP contribution in [0, 0.1) is 0 Å². The Kier molecular flexibility index (Phi) is 4.67. The Morgan fingerprint density at radius 3 is 2.37 bits per heavy atom. The zero-order chi connectivity index (χ0) is 13.9. The molecule has 106 valence electrons. The predicted molar refractivity (Wildman–Crippen MR) is 83.8 cm³/mol. The zero-order valence-corrected chi connectivity index (χ0v) is 13.0. The number of hydrogen-bond donors (Lipinski definition) is 1. The summed E-state index contributed by atoms with van der Waals surface area (Å²) in [7, 11) is 0. The van der Waals surface area contributed by atoms with Crippen molar-refractivity contribution in [3.63, 3.8) is 0 Å². The third-order valence-electron chi connectivity index (χ3n) is 4.36. The van der Waals surface area contributed by atoms with Crippen molar-refractivity contribution in [2.75, 3.05) is 6.54 Å². The van der Waals surface area contributed by atoms with Gasteiger partial charge in [0.15, 0.2) is 0 Å². The summed E-state index contributed by atoms with van der Waals surface area (Å²) in [5, 5.41) is 3.67. The predicted octanol–water partition coefficient (Wildman–Crippen LogP) is 4.62. The third-order valence-corrected chi connectivity index (χ3v) is 4.36. The smallest absolute Gasteiger partial charge is 0.00730 e. The second-order valence-corrected chi connectivity index (χ2v) is 7.03. The molecule has 1 aliphatic rings. The zero-order valence-electron chi connectivity index (χ0n) is 13.0. The van der Waals surface area contributed by atoms with Crippen LogP contribution in [-0.2, 0) is 5.41 Å². The van der Waals surface area contributed by atoms with Crippen molar-refractivity contribution in [3.05, 3.63) is 35.4 Å². The molecule has 0 saturated heterocycles. The molecule has 1 N–H and O–H groups in total. The molecule has 2 atom stereocenters. The van der Waals surface area contributed by atoms with Crippen LogP contribution in [-0.4, -0.2) is 12.6 Å². The van der Waals surface area contributed by atoms with Crippen molar-refractivity contribution in [2.45, 2.75) is 70.8 Å². The Labute approximate surface area is 118 Å². The summed E-state index contributed by atoms with van der Waals surface area (Å²) < 4.78 is 0. The summed E-state index contributed by atoms with van der Waals surface area (Å²) in [4.78, 5) is 0. The van der Waals surface area contributed by atoms with Gasteiger partial charge in [-0.3, -0.25) is 0 Å². The molecule has 1 heteroatoms. The molecule has 0 aromatic heterocycles. The van der Waals surface area contributed by atoms with Gasteiger partial charge in [0.1, 0.15) is 0 Å². The number of rotatable bonds is 4. The van der Waals surface area contributed by atoms with Crippen molar-refractivity contribution < 1.29 is 0 Å². The van der Waals surface area contributed by atoms with Crippen LogP contribution in [0.25, 0.3) is 0 Å². The highest BCUT2D eigenvalue weighted by atomic mass is 14.9. The molecule has 1 saturated carbocycles. The van der Waals surface area contributed by atoms with Crippen LogP contribution in [0.5, 0.6) is 0 Å². The van der Waals surface area contributed by atoms with E-state index < -0.39 is 0 Å². The standard InChI is InChI=1S/C18H29N/c1-5-12-19-17-11-8-15(13-17)14-6-9-16(10-7-14)18(2,3)4/h6-7,9-10,15,17,19H,5,8,11-13H2,1-4H3. The first-order chi connectivity index (χ1) is 9.00. The molecule has 19 heavy (non-hydrogen) atoms. The van der Waals surface area contributed by atoms with Crippen LogP contribution >= 0.6 is 0 Å². The number of hydrogen-bond acceptors (Lipinski definition) is 1. The lowest BCUT2D eigenvalue weighted by atomic mass is 9.85. The lowest BCUT2D eigenvalue weighted by Crippen LogP contribution is -2.26. The topological polar surface area (TPSA) is 12.0 Å². The molecule has 0 bridgehead atoms. The van der Waals surface area contributed by atoms with E-state index >= 15 is 0 Å². The van der Waals surface area contributed by atoms with Gasteiger partial charge in [0.2, 0.25) is 0 Å². The lowest BCUT2D eigenvalue weighted by molar-refractivity contribution is 0.517. The van der Waals surface area contributed by atoms with Crippen LogP contribution in [0.3, 0.4) is 0 Å². The molecule has 2 rings (SSSR count). The van der Waals surface area contributed by atoms with E-state index in [2.05, 4.69) is 57.3 Å². The average molecular weight is 259 g/mol. The first-order valence-corrected chi connectivity index (χ1v) is 7.84. The van der Waals surface area contributed by atoms with Gasteiger partial charge in [0.25, 0.3) is 0 Å². The van der Waals surface area contributed by atoms with E-state index in [1.165, 1.54) is 43.4 Å². The van der Waals surface area contributed by atoms with Crippen molar-refractivity contribution in [1.29, 1.82) is 0 Å². The summed E-state index contributed by atoms with van der Waals surface area (Å²) in [6, 6.07) is 10.1. The summed E-state index contributed by atoms with van der Waals surface area (Å²) in [5.41, 5.74) is 3.24. The Hall–Kier alpha value is -0.820. The molecule has 1 aromatic carbocycles. The van der Waals surface area contributed by atoms with E-state index in [1.807, 2.05) is 0 Å². The molecule has 1 aromatic rings. The molecule has 2 unspecified atom stereocenters. The van der Waals surface area contributed by atoms with Crippen molar-refractivity contribution in [3.8, 4) is 0 Å². The Morgan fingerprint density at radius 2 is 1.79 bits per heavy atom. The molecule has 1 nitrogen and oxygen atoms in total. The van der Waals surface area contributed by atoms with Gasteiger partial charge in [-0.15, -0.1) is 0 Å². The lowest BCUT2D eigenvalue weighted by Gasteiger charge is -2.20. The monoisotopic (exact) mass is 259 g/mol. The largest absolute Gasteiger partial charge is 0.314 e.